The molecule has 2 rings (SSSR count). The molecule has 1 aliphatic rings. The van der Waals surface area contributed by atoms with Gasteiger partial charge in [0, 0.05) is 12.1 Å². The SMILES string of the molecule is CC[C@@]1(CO)CCCN1Cc1cccc(C)c1C. The number of hydrogen-bond donors (Lipinski definition) is 1. The van der Waals surface area contributed by atoms with Crippen LogP contribution in [0.2, 0.25) is 0 Å². The summed E-state index contributed by atoms with van der Waals surface area (Å²) < 4.78 is 0. The normalized spacial score (nSPS) is 24.7. The van der Waals surface area contributed by atoms with E-state index >= 15 is 0 Å². The van der Waals surface area contributed by atoms with Gasteiger partial charge in [-0.05, 0) is 56.3 Å². The van der Waals surface area contributed by atoms with Crippen LogP contribution in [-0.2, 0) is 6.54 Å². The van der Waals surface area contributed by atoms with E-state index in [9.17, 15) is 5.11 Å². The van der Waals surface area contributed by atoms with Crippen LogP contribution in [0.5, 0.6) is 0 Å². The molecule has 0 bridgehead atoms. The van der Waals surface area contributed by atoms with Gasteiger partial charge < -0.3 is 5.11 Å². The third-order valence-electron chi connectivity index (χ3n) is 4.77. The molecule has 0 radical (unpaired) electrons. The standard InChI is InChI=1S/C16H25NO/c1-4-16(12-18)9-6-10-17(16)11-15-8-5-7-13(2)14(15)3/h5,7-8,18H,4,6,9-12H2,1-3H3/t16-/m0/s1. The fourth-order valence-corrected chi connectivity index (χ4v) is 3.12. The Balaban J connectivity index is 2.20. The lowest BCUT2D eigenvalue weighted by molar-refractivity contribution is 0.0547. The van der Waals surface area contributed by atoms with E-state index in [1.807, 2.05) is 0 Å². The van der Waals surface area contributed by atoms with Gasteiger partial charge in [-0.1, -0.05) is 25.1 Å². The summed E-state index contributed by atoms with van der Waals surface area (Å²) in [5, 5.41) is 9.75. The van der Waals surface area contributed by atoms with Gasteiger partial charge in [0.2, 0.25) is 0 Å². The Kier molecular flexibility index (Phi) is 4.08. The van der Waals surface area contributed by atoms with Crippen molar-refractivity contribution < 1.29 is 5.11 Å². The van der Waals surface area contributed by atoms with Crippen molar-refractivity contribution in [3.63, 3.8) is 0 Å². The summed E-state index contributed by atoms with van der Waals surface area (Å²) in [4.78, 5) is 2.48. The molecule has 1 aromatic carbocycles. The topological polar surface area (TPSA) is 23.5 Å². The smallest absolute Gasteiger partial charge is 0.0615 e. The highest BCUT2D eigenvalue weighted by Gasteiger charge is 2.38. The summed E-state index contributed by atoms with van der Waals surface area (Å²) in [6.45, 7) is 8.94. The molecule has 1 heterocycles. The van der Waals surface area contributed by atoms with Crippen LogP contribution in [0.4, 0.5) is 0 Å². The van der Waals surface area contributed by atoms with Gasteiger partial charge >= 0.3 is 0 Å². The van der Waals surface area contributed by atoms with E-state index in [0.717, 1.165) is 25.9 Å². The molecule has 0 saturated carbocycles. The highest BCUT2D eigenvalue weighted by molar-refractivity contribution is 5.33. The van der Waals surface area contributed by atoms with Gasteiger partial charge in [0.15, 0.2) is 0 Å². The van der Waals surface area contributed by atoms with Crippen molar-refractivity contribution in [1.82, 2.24) is 4.90 Å². The quantitative estimate of drug-likeness (QED) is 0.884. The predicted molar refractivity (Wildman–Crippen MR) is 75.7 cm³/mol. The van der Waals surface area contributed by atoms with E-state index in [1.165, 1.54) is 23.1 Å². The van der Waals surface area contributed by atoms with Gasteiger partial charge in [0.25, 0.3) is 0 Å². The second kappa shape index (κ2) is 5.41. The molecular formula is C16H25NO. The maximum atomic E-state index is 9.75. The van der Waals surface area contributed by atoms with E-state index < -0.39 is 0 Å². The van der Waals surface area contributed by atoms with Gasteiger partial charge in [-0.2, -0.15) is 0 Å². The van der Waals surface area contributed by atoms with Crippen LogP contribution in [0.15, 0.2) is 18.2 Å². The zero-order valence-corrected chi connectivity index (χ0v) is 11.9. The van der Waals surface area contributed by atoms with Crippen molar-refractivity contribution in [1.29, 1.82) is 0 Å². The van der Waals surface area contributed by atoms with Crippen molar-refractivity contribution in [2.75, 3.05) is 13.2 Å². The Bertz CT molecular complexity index is 410. The molecular weight excluding hydrogens is 222 g/mol. The maximum Gasteiger partial charge on any atom is 0.0615 e. The number of hydrogen-bond acceptors (Lipinski definition) is 2. The molecule has 100 valence electrons. The van der Waals surface area contributed by atoms with Crippen molar-refractivity contribution >= 4 is 0 Å². The highest BCUT2D eigenvalue weighted by Crippen LogP contribution is 2.33. The van der Waals surface area contributed by atoms with Gasteiger partial charge in [-0.25, -0.2) is 0 Å². The first-order valence-electron chi connectivity index (χ1n) is 7.04. The molecule has 0 aliphatic carbocycles. The first-order valence-corrected chi connectivity index (χ1v) is 7.04. The van der Waals surface area contributed by atoms with Crippen LogP contribution in [0.1, 0.15) is 42.9 Å². The largest absolute Gasteiger partial charge is 0.394 e. The first kappa shape index (κ1) is 13.6. The molecule has 1 saturated heterocycles. The van der Waals surface area contributed by atoms with Gasteiger partial charge in [-0.3, -0.25) is 4.90 Å². The Morgan fingerprint density at radius 1 is 1.33 bits per heavy atom. The Labute approximate surface area is 111 Å². The molecule has 2 heteroatoms. The van der Waals surface area contributed by atoms with E-state index in [1.54, 1.807) is 0 Å². The Morgan fingerprint density at radius 3 is 2.78 bits per heavy atom. The monoisotopic (exact) mass is 247 g/mol. The third kappa shape index (κ3) is 2.32. The molecule has 0 unspecified atom stereocenters. The molecule has 0 spiro atoms. The van der Waals surface area contributed by atoms with Crippen molar-refractivity contribution in [3.8, 4) is 0 Å². The van der Waals surface area contributed by atoms with Crippen molar-refractivity contribution in [3.05, 3.63) is 34.9 Å². The fourth-order valence-electron chi connectivity index (χ4n) is 3.12. The average Bonchev–Trinajstić information content (AvgIpc) is 2.78. The van der Waals surface area contributed by atoms with Gasteiger partial charge in [0.1, 0.15) is 0 Å². The molecule has 0 amide bonds. The second-order valence-electron chi connectivity index (χ2n) is 5.62. The molecule has 1 N–H and O–H groups in total. The number of rotatable bonds is 4. The maximum absolute atomic E-state index is 9.75. The van der Waals surface area contributed by atoms with Crippen LogP contribution in [0.3, 0.4) is 0 Å². The Morgan fingerprint density at radius 2 is 2.11 bits per heavy atom. The molecule has 1 fully saturated rings. The van der Waals surface area contributed by atoms with Crippen LogP contribution in [0.25, 0.3) is 0 Å². The highest BCUT2D eigenvalue weighted by atomic mass is 16.3. The predicted octanol–water partition coefficient (Wildman–Crippen LogP) is 3.04. The van der Waals surface area contributed by atoms with E-state index in [-0.39, 0.29) is 12.1 Å². The zero-order chi connectivity index (χ0) is 13.2. The summed E-state index contributed by atoms with van der Waals surface area (Å²) in [6.07, 6.45) is 3.37. The zero-order valence-electron chi connectivity index (χ0n) is 11.9. The number of nitrogens with zero attached hydrogens (tertiary/aromatic N) is 1. The summed E-state index contributed by atoms with van der Waals surface area (Å²) in [5.41, 5.74) is 4.18. The number of aliphatic hydroxyl groups excluding tert-OH is 1. The minimum atomic E-state index is 0.0240. The second-order valence-corrected chi connectivity index (χ2v) is 5.62. The lowest BCUT2D eigenvalue weighted by Crippen LogP contribution is -2.46. The summed E-state index contributed by atoms with van der Waals surface area (Å²) >= 11 is 0. The summed E-state index contributed by atoms with van der Waals surface area (Å²) in [6, 6.07) is 6.53. The van der Waals surface area contributed by atoms with E-state index in [0.29, 0.717) is 0 Å². The molecule has 0 aromatic heterocycles. The fraction of sp³-hybridized carbons (Fsp3) is 0.625. The summed E-state index contributed by atoms with van der Waals surface area (Å²) in [7, 11) is 0. The first-order chi connectivity index (χ1) is 8.63. The third-order valence-corrected chi connectivity index (χ3v) is 4.77. The van der Waals surface area contributed by atoms with Crippen LogP contribution >= 0.6 is 0 Å². The number of likely N-dealkylation sites (tertiary alicyclic amines) is 1. The molecule has 18 heavy (non-hydrogen) atoms. The van der Waals surface area contributed by atoms with E-state index in [4.69, 9.17) is 0 Å². The number of benzene rings is 1. The van der Waals surface area contributed by atoms with Crippen molar-refractivity contribution in [2.24, 2.45) is 0 Å². The van der Waals surface area contributed by atoms with Crippen molar-refractivity contribution in [2.45, 2.75) is 52.1 Å². The lowest BCUT2D eigenvalue weighted by Gasteiger charge is -2.36. The lowest BCUT2D eigenvalue weighted by atomic mass is 9.93. The minimum Gasteiger partial charge on any atom is -0.394 e. The van der Waals surface area contributed by atoms with Crippen LogP contribution in [0, 0.1) is 13.8 Å². The molecule has 1 aliphatic heterocycles. The average molecular weight is 247 g/mol. The van der Waals surface area contributed by atoms with Gasteiger partial charge in [-0.15, -0.1) is 0 Å². The minimum absolute atomic E-state index is 0.0240. The molecule has 2 nitrogen and oxygen atoms in total. The summed E-state index contributed by atoms with van der Waals surface area (Å²) in [5.74, 6) is 0. The molecule has 1 atom stereocenters. The van der Waals surface area contributed by atoms with Gasteiger partial charge in [0.05, 0.1) is 6.61 Å². The molecule has 1 aromatic rings. The van der Waals surface area contributed by atoms with Crippen LogP contribution < -0.4 is 0 Å². The Hall–Kier alpha value is -0.860. The number of aliphatic hydroxyl groups is 1. The van der Waals surface area contributed by atoms with E-state index in [2.05, 4.69) is 43.9 Å². The van der Waals surface area contributed by atoms with Crippen LogP contribution in [-0.4, -0.2) is 28.7 Å². The number of aryl methyl sites for hydroxylation is 1.